The lowest BCUT2D eigenvalue weighted by atomic mass is 10.2. The summed E-state index contributed by atoms with van der Waals surface area (Å²) in [7, 11) is 0. The van der Waals surface area contributed by atoms with Crippen LogP contribution in [0.25, 0.3) is 10.4 Å². The second-order valence-corrected chi connectivity index (χ2v) is 3.05. The predicted molar refractivity (Wildman–Crippen MR) is 42.3 cm³/mol. The fraction of sp³-hybridized carbons (Fsp3) is 0.143. The molecule has 0 N–H and O–H groups in total. The van der Waals surface area contributed by atoms with Crippen LogP contribution in [0.1, 0.15) is 5.76 Å². The first-order valence-corrected chi connectivity index (χ1v) is 4.06. The Morgan fingerprint density at radius 3 is 2.91 bits per heavy atom. The highest BCUT2D eigenvalue weighted by Gasteiger charge is 2.05. The molecule has 0 aliphatic carbocycles. The van der Waals surface area contributed by atoms with Crippen molar-refractivity contribution in [3.8, 4) is 10.4 Å². The SMILES string of the molecule is Cc1oncc1-c1cncs1. The van der Waals surface area contributed by atoms with Gasteiger partial charge in [-0.2, -0.15) is 0 Å². The average molecular weight is 166 g/mol. The van der Waals surface area contributed by atoms with Crippen molar-refractivity contribution in [1.29, 1.82) is 0 Å². The van der Waals surface area contributed by atoms with Gasteiger partial charge in [-0.1, -0.05) is 5.16 Å². The molecule has 0 saturated heterocycles. The summed E-state index contributed by atoms with van der Waals surface area (Å²) in [4.78, 5) is 5.07. The van der Waals surface area contributed by atoms with Gasteiger partial charge < -0.3 is 4.52 Å². The van der Waals surface area contributed by atoms with Gasteiger partial charge in [-0.05, 0) is 6.92 Å². The van der Waals surface area contributed by atoms with E-state index in [2.05, 4.69) is 10.1 Å². The van der Waals surface area contributed by atoms with Gasteiger partial charge in [0.2, 0.25) is 0 Å². The summed E-state index contributed by atoms with van der Waals surface area (Å²) in [6.45, 7) is 1.89. The van der Waals surface area contributed by atoms with E-state index < -0.39 is 0 Å². The van der Waals surface area contributed by atoms with E-state index in [0.717, 1.165) is 16.2 Å². The Bertz CT molecular complexity index is 339. The van der Waals surface area contributed by atoms with E-state index in [0.29, 0.717) is 0 Å². The van der Waals surface area contributed by atoms with Crippen LogP contribution in [-0.4, -0.2) is 10.1 Å². The molecule has 0 unspecified atom stereocenters. The molecule has 2 aromatic heterocycles. The van der Waals surface area contributed by atoms with Crippen LogP contribution in [0.5, 0.6) is 0 Å². The average Bonchev–Trinajstić information content (AvgIpc) is 2.55. The van der Waals surface area contributed by atoms with Crippen LogP contribution in [0.3, 0.4) is 0 Å². The summed E-state index contributed by atoms with van der Waals surface area (Å²) in [6.07, 6.45) is 3.52. The van der Waals surface area contributed by atoms with Gasteiger partial charge in [0.15, 0.2) is 0 Å². The Kier molecular flexibility index (Phi) is 1.47. The van der Waals surface area contributed by atoms with Crippen molar-refractivity contribution in [2.24, 2.45) is 0 Å². The molecule has 11 heavy (non-hydrogen) atoms. The van der Waals surface area contributed by atoms with Crippen LogP contribution in [-0.2, 0) is 0 Å². The lowest BCUT2D eigenvalue weighted by Crippen LogP contribution is -1.69. The third kappa shape index (κ3) is 1.05. The van der Waals surface area contributed by atoms with Crippen molar-refractivity contribution in [3.63, 3.8) is 0 Å². The summed E-state index contributed by atoms with van der Waals surface area (Å²) in [5.74, 6) is 0.842. The van der Waals surface area contributed by atoms with E-state index in [1.165, 1.54) is 0 Å². The van der Waals surface area contributed by atoms with Gasteiger partial charge in [0.05, 0.1) is 22.1 Å². The normalized spacial score (nSPS) is 10.3. The lowest BCUT2D eigenvalue weighted by molar-refractivity contribution is 0.398. The van der Waals surface area contributed by atoms with Gasteiger partial charge in [-0.3, -0.25) is 4.98 Å². The second-order valence-electron chi connectivity index (χ2n) is 2.16. The van der Waals surface area contributed by atoms with Gasteiger partial charge in [-0.15, -0.1) is 11.3 Å². The molecule has 0 fully saturated rings. The monoisotopic (exact) mass is 166 g/mol. The Labute approximate surface area is 67.7 Å². The van der Waals surface area contributed by atoms with Gasteiger partial charge in [-0.25, -0.2) is 0 Å². The summed E-state index contributed by atoms with van der Waals surface area (Å²) in [6, 6.07) is 0. The zero-order valence-corrected chi connectivity index (χ0v) is 6.76. The first kappa shape index (κ1) is 6.54. The molecule has 2 rings (SSSR count). The van der Waals surface area contributed by atoms with E-state index in [-0.39, 0.29) is 0 Å². The molecular weight excluding hydrogens is 160 g/mol. The fourth-order valence-corrected chi connectivity index (χ4v) is 1.56. The van der Waals surface area contributed by atoms with Crippen molar-refractivity contribution in [2.45, 2.75) is 6.92 Å². The third-order valence-corrected chi connectivity index (χ3v) is 2.25. The number of hydrogen-bond donors (Lipinski definition) is 0. The minimum absolute atomic E-state index is 0.842. The maximum atomic E-state index is 4.92. The summed E-state index contributed by atoms with van der Waals surface area (Å²) < 4.78 is 4.92. The maximum Gasteiger partial charge on any atom is 0.142 e. The van der Waals surface area contributed by atoms with Crippen LogP contribution in [0.15, 0.2) is 22.4 Å². The van der Waals surface area contributed by atoms with Crippen LogP contribution < -0.4 is 0 Å². The Hall–Kier alpha value is -1.16. The molecule has 0 atom stereocenters. The van der Waals surface area contributed by atoms with E-state index in [1.54, 1.807) is 23.0 Å². The highest BCUT2D eigenvalue weighted by Crippen LogP contribution is 2.25. The molecule has 2 aromatic rings. The van der Waals surface area contributed by atoms with Gasteiger partial charge >= 0.3 is 0 Å². The van der Waals surface area contributed by atoms with Crippen LogP contribution >= 0.6 is 11.3 Å². The Morgan fingerprint density at radius 1 is 1.45 bits per heavy atom. The third-order valence-electron chi connectivity index (χ3n) is 1.45. The molecule has 3 nitrogen and oxygen atoms in total. The maximum absolute atomic E-state index is 4.92. The largest absolute Gasteiger partial charge is 0.361 e. The van der Waals surface area contributed by atoms with Crippen molar-refractivity contribution < 1.29 is 4.52 Å². The van der Waals surface area contributed by atoms with Gasteiger partial charge in [0, 0.05) is 6.20 Å². The minimum atomic E-state index is 0.842. The first-order chi connectivity index (χ1) is 5.38. The Morgan fingerprint density at radius 2 is 2.36 bits per heavy atom. The molecule has 0 bridgehead atoms. The van der Waals surface area contributed by atoms with Crippen LogP contribution in [0.2, 0.25) is 0 Å². The molecule has 4 heteroatoms. The topological polar surface area (TPSA) is 38.9 Å². The second kappa shape index (κ2) is 2.47. The standard InChI is InChI=1S/C7H6N2OS/c1-5-6(2-9-10-5)7-3-8-4-11-7/h2-4H,1H3. The highest BCUT2D eigenvalue weighted by atomic mass is 32.1. The van der Waals surface area contributed by atoms with Crippen LogP contribution in [0.4, 0.5) is 0 Å². The molecule has 0 spiro atoms. The van der Waals surface area contributed by atoms with Crippen LogP contribution in [0, 0.1) is 6.92 Å². The molecule has 0 aliphatic rings. The van der Waals surface area contributed by atoms with Crippen molar-refractivity contribution in [2.75, 3.05) is 0 Å². The van der Waals surface area contributed by atoms with E-state index in [9.17, 15) is 0 Å². The predicted octanol–water partition coefficient (Wildman–Crippen LogP) is 2.11. The van der Waals surface area contributed by atoms with E-state index in [4.69, 9.17) is 4.52 Å². The van der Waals surface area contributed by atoms with Crippen molar-refractivity contribution >= 4 is 11.3 Å². The number of thiazole rings is 1. The zero-order valence-electron chi connectivity index (χ0n) is 5.94. The minimum Gasteiger partial charge on any atom is -0.361 e. The molecule has 0 amide bonds. The lowest BCUT2D eigenvalue weighted by Gasteiger charge is -1.86. The molecule has 2 heterocycles. The molecule has 56 valence electrons. The van der Waals surface area contributed by atoms with Gasteiger partial charge in [0.1, 0.15) is 5.76 Å². The molecule has 0 saturated carbocycles. The van der Waals surface area contributed by atoms with Crippen molar-refractivity contribution in [3.05, 3.63) is 23.7 Å². The molecular formula is C7H6N2OS. The van der Waals surface area contributed by atoms with Crippen molar-refractivity contribution in [1.82, 2.24) is 10.1 Å². The first-order valence-electron chi connectivity index (χ1n) is 3.18. The zero-order chi connectivity index (χ0) is 7.68. The summed E-state index contributed by atoms with van der Waals surface area (Å²) in [5.41, 5.74) is 2.83. The fourth-order valence-electron chi connectivity index (χ4n) is 0.884. The summed E-state index contributed by atoms with van der Waals surface area (Å²) in [5, 5.41) is 3.68. The van der Waals surface area contributed by atoms with E-state index >= 15 is 0 Å². The van der Waals surface area contributed by atoms with Gasteiger partial charge in [0.25, 0.3) is 0 Å². The summed E-state index contributed by atoms with van der Waals surface area (Å²) >= 11 is 1.58. The smallest absolute Gasteiger partial charge is 0.142 e. The number of hydrogen-bond acceptors (Lipinski definition) is 4. The molecule has 0 aromatic carbocycles. The number of nitrogens with zero attached hydrogens (tertiary/aromatic N) is 2. The molecule has 0 aliphatic heterocycles. The number of rotatable bonds is 1. The molecule has 0 radical (unpaired) electrons. The Balaban J connectivity index is 2.53. The van der Waals surface area contributed by atoms with E-state index in [1.807, 2.05) is 13.1 Å². The highest BCUT2D eigenvalue weighted by molar-refractivity contribution is 7.13. The quantitative estimate of drug-likeness (QED) is 0.651. The number of aryl methyl sites for hydroxylation is 1. The number of aromatic nitrogens is 2.